The summed E-state index contributed by atoms with van der Waals surface area (Å²) in [6.07, 6.45) is -27.2. The second kappa shape index (κ2) is 19.3. The molecule has 0 unspecified atom stereocenters. The number of rotatable bonds is 6. The van der Waals surface area contributed by atoms with Crippen LogP contribution in [0, 0.1) is 0 Å². The van der Waals surface area contributed by atoms with Gasteiger partial charge in [0.25, 0.3) is 0 Å². The standard InChI is InChI=1S/C63H27F18N3O3/c64-58(65,66)34-19-31(20-35(25-34)59(67,68)69)40-4-1-7-46-49-55(85-52(40)46)43(10-13-82-49)28-16-29(44-11-14-83-50-47-8-2-5-41(53(47)86-56(44)50)32-21-36(60(70,71)72)26-37(22-32)61(73,74)75)18-30(17-28)45-12-15-84-51-48-9-3-6-42(54(48)87-57(45)51)33-23-38(62(76,77)78)27-39(24-33)63(79,80)81/h1-27H. The van der Waals surface area contributed by atoms with E-state index >= 15 is 0 Å². The highest BCUT2D eigenvalue weighted by atomic mass is 19.4. The Hall–Kier alpha value is -9.87. The quantitative estimate of drug-likeness (QED) is 0.154. The summed E-state index contributed by atoms with van der Waals surface area (Å²) in [5, 5.41) is 0.461. The van der Waals surface area contributed by atoms with Crippen LogP contribution in [0.1, 0.15) is 33.4 Å². The molecule has 0 atom stereocenters. The van der Waals surface area contributed by atoms with Crippen LogP contribution in [0.2, 0.25) is 0 Å². The number of furan rings is 3. The van der Waals surface area contributed by atoms with Crippen molar-refractivity contribution in [1.29, 1.82) is 0 Å². The number of hydrogen-bond acceptors (Lipinski definition) is 6. The number of fused-ring (bicyclic) bond motifs is 9. The number of pyridine rings is 3. The average Bonchev–Trinajstić information content (AvgIpc) is 1.71. The Kier molecular flexibility index (Phi) is 12.5. The molecule has 0 bridgehead atoms. The first-order chi connectivity index (χ1) is 40.9. The predicted octanol–water partition coefficient (Wildman–Crippen LogP) is 21.7. The van der Waals surface area contributed by atoms with Gasteiger partial charge in [0.15, 0.2) is 16.7 Å². The Morgan fingerprint density at radius 3 is 0.655 bits per heavy atom. The van der Waals surface area contributed by atoms with E-state index in [9.17, 15) is 79.0 Å². The summed E-state index contributed by atoms with van der Waals surface area (Å²) < 4.78 is 275. The van der Waals surface area contributed by atoms with Crippen LogP contribution in [0.3, 0.4) is 0 Å². The Balaban J connectivity index is 1.06. The summed E-state index contributed by atoms with van der Waals surface area (Å²) in [6, 6.07) is 24.6. The molecule has 0 aliphatic rings. The molecular weight excluding hydrogens is 1190 g/mol. The minimum atomic E-state index is -5.21. The molecule has 0 radical (unpaired) electrons. The topological polar surface area (TPSA) is 78.1 Å². The molecule has 0 spiro atoms. The molecule has 87 heavy (non-hydrogen) atoms. The Labute approximate surface area is 473 Å². The Morgan fingerprint density at radius 2 is 0.437 bits per heavy atom. The molecule has 6 nitrogen and oxygen atoms in total. The van der Waals surface area contributed by atoms with Crippen molar-refractivity contribution in [2.75, 3.05) is 0 Å². The molecule has 6 aromatic heterocycles. The van der Waals surface area contributed by atoms with E-state index in [4.69, 9.17) is 13.3 Å². The monoisotopic (exact) mass is 1220 g/mol. The fourth-order valence-corrected chi connectivity index (χ4v) is 10.8. The molecule has 0 N–H and O–H groups in total. The first-order valence-corrected chi connectivity index (χ1v) is 25.3. The summed E-state index contributed by atoms with van der Waals surface area (Å²) in [7, 11) is 0. The van der Waals surface area contributed by atoms with Gasteiger partial charge in [0, 0.05) is 68.1 Å². The number of alkyl halides is 18. The van der Waals surface area contributed by atoms with Crippen molar-refractivity contribution >= 4 is 66.2 Å². The van der Waals surface area contributed by atoms with E-state index in [0.29, 0.717) is 36.4 Å². The van der Waals surface area contributed by atoms with Crippen LogP contribution >= 0.6 is 0 Å². The van der Waals surface area contributed by atoms with E-state index in [1.807, 2.05) is 0 Å². The van der Waals surface area contributed by atoms with Crippen molar-refractivity contribution in [1.82, 2.24) is 15.0 Å². The molecular formula is C63H27F18N3O3. The lowest BCUT2D eigenvalue weighted by Gasteiger charge is -2.14. The highest BCUT2D eigenvalue weighted by Gasteiger charge is 2.41. The number of hydrogen-bond donors (Lipinski definition) is 0. The number of halogens is 18. The van der Waals surface area contributed by atoms with Crippen molar-refractivity contribution < 1.29 is 92.3 Å². The normalized spacial score (nSPS) is 13.2. The maximum absolute atomic E-state index is 14.2. The van der Waals surface area contributed by atoms with Gasteiger partial charge in [-0.15, -0.1) is 0 Å². The summed E-state index contributed by atoms with van der Waals surface area (Å²) in [5.41, 5.74) is -10.9. The van der Waals surface area contributed by atoms with E-state index in [-0.39, 0.29) is 134 Å². The van der Waals surface area contributed by atoms with Gasteiger partial charge in [-0.3, -0.25) is 15.0 Å². The summed E-state index contributed by atoms with van der Waals surface area (Å²) in [6.45, 7) is 0. The Morgan fingerprint density at radius 1 is 0.230 bits per heavy atom. The van der Waals surface area contributed by atoms with Crippen LogP contribution in [-0.4, -0.2) is 15.0 Å². The van der Waals surface area contributed by atoms with Gasteiger partial charge in [-0.2, -0.15) is 79.0 Å². The second-order valence-corrected chi connectivity index (χ2v) is 20.1. The smallest absolute Gasteiger partial charge is 0.416 e. The van der Waals surface area contributed by atoms with E-state index in [0.717, 1.165) is 0 Å². The highest BCUT2D eigenvalue weighted by Crippen LogP contribution is 2.49. The van der Waals surface area contributed by atoms with Crippen molar-refractivity contribution in [3.8, 4) is 66.8 Å². The van der Waals surface area contributed by atoms with Crippen LogP contribution in [0.4, 0.5) is 79.0 Å². The number of aromatic nitrogens is 3. The van der Waals surface area contributed by atoms with Crippen LogP contribution in [0.25, 0.3) is 133 Å². The molecule has 13 rings (SSSR count). The van der Waals surface area contributed by atoms with Crippen LogP contribution in [0.5, 0.6) is 0 Å². The molecule has 6 heterocycles. The molecule has 0 aliphatic heterocycles. The largest absolute Gasteiger partial charge is 0.453 e. The lowest BCUT2D eigenvalue weighted by molar-refractivity contribution is -0.144. The fourth-order valence-electron chi connectivity index (χ4n) is 10.8. The van der Waals surface area contributed by atoms with E-state index in [1.165, 1.54) is 91.4 Å². The molecule has 13 aromatic rings. The van der Waals surface area contributed by atoms with Crippen LogP contribution < -0.4 is 0 Å². The molecule has 0 saturated heterocycles. The molecule has 0 saturated carbocycles. The maximum Gasteiger partial charge on any atom is 0.416 e. The first kappa shape index (κ1) is 56.3. The minimum absolute atomic E-state index is 0.0268. The average molecular weight is 1220 g/mol. The number of nitrogens with zero attached hydrogens (tertiary/aromatic N) is 3. The number of para-hydroxylation sites is 3. The third-order valence-corrected chi connectivity index (χ3v) is 14.7. The zero-order valence-corrected chi connectivity index (χ0v) is 43.0. The van der Waals surface area contributed by atoms with E-state index < -0.39 is 87.1 Å². The number of benzene rings is 7. The highest BCUT2D eigenvalue weighted by molar-refractivity contribution is 6.15. The predicted molar refractivity (Wildman–Crippen MR) is 284 cm³/mol. The van der Waals surface area contributed by atoms with Gasteiger partial charge in [-0.25, -0.2) is 0 Å². The van der Waals surface area contributed by atoms with Gasteiger partial charge < -0.3 is 13.3 Å². The fraction of sp³-hybridized carbons (Fsp3) is 0.0952. The van der Waals surface area contributed by atoms with Gasteiger partial charge >= 0.3 is 37.1 Å². The van der Waals surface area contributed by atoms with Crippen molar-refractivity contribution in [2.24, 2.45) is 0 Å². The third kappa shape index (κ3) is 9.85. The SMILES string of the molecule is FC(F)(F)c1cc(-c2cccc3c2oc2c(-c4cc(-c5ccnc6c5oc5c(-c7cc(C(F)(F)F)cc(C(F)(F)F)c7)cccc56)cc(-c5ccnc6c5oc5c(-c7cc(C(F)(F)F)cc(C(F)(F)F)c7)cccc56)c4)ccnc23)cc(C(F)(F)F)c1. The van der Waals surface area contributed by atoms with Crippen LogP contribution in [-0.2, 0) is 37.1 Å². The summed E-state index contributed by atoms with van der Waals surface area (Å²) in [5.74, 6) is 0. The molecule has 438 valence electrons. The molecule has 0 amide bonds. The lowest BCUT2D eigenvalue weighted by Crippen LogP contribution is -2.11. The first-order valence-electron chi connectivity index (χ1n) is 25.3. The molecule has 0 fully saturated rings. The van der Waals surface area contributed by atoms with Gasteiger partial charge in [0.1, 0.15) is 33.3 Å². The summed E-state index contributed by atoms with van der Waals surface area (Å²) >= 11 is 0. The van der Waals surface area contributed by atoms with Crippen molar-refractivity contribution in [2.45, 2.75) is 37.1 Å². The summed E-state index contributed by atoms with van der Waals surface area (Å²) in [4.78, 5) is 13.5. The minimum Gasteiger partial charge on any atom is -0.453 e. The van der Waals surface area contributed by atoms with Crippen molar-refractivity contribution in [3.63, 3.8) is 0 Å². The Bertz CT molecular complexity index is 4380. The molecule has 0 aliphatic carbocycles. The zero-order chi connectivity index (χ0) is 61.7. The van der Waals surface area contributed by atoms with Gasteiger partial charge in [-0.1, -0.05) is 36.4 Å². The second-order valence-electron chi connectivity index (χ2n) is 20.1. The van der Waals surface area contributed by atoms with Gasteiger partial charge in [0.05, 0.1) is 33.4 Å². The third-order valence-electron chi connectivity index (χ3n) is 14.7. The molecule has 7 aromatic carbocycles. The van der Waals surface area contributed by atoms with Crippen LogP contribution in [0.15, 0.2) is 177 Å². The maximum atomic E-state index is 14.2. The van der Waals surface area contributed by atoms with E-state index in [2.05, 4.69) is 15.0 Å². The molecule has 24 heteroatoms. The zero-order valence-electron chi connectivity index (χ0n) is 43.0. The lowest BCUT2D eigenvalue weighted by atomic mass is 9.93. The van der Waals surface area contributed by atoms with Crippen molar-refractivity contribution in [3.05, 3.63) is 198 Å². The van der Waals surface area contributed by atoms with E-state index in [1.54, 1.807) is 18.2 Å². The van der Waals surface area contributed by atoms with Gasteiger partial charge in [-0.05, 0) is 143 Å². The van der Waals surface area contributed by atoms with Gasteiger partial charge in [0.2, 0.25) is 0 Å².